The summed E-state index contributed by atoms with van der Waals surface area (Å²) in [5.41, 5.74) is 1.25. The molecule has 5 nitrogen and oxygen atoms in total. The molecule has 21 heavy (non-hydrogen) atoms. The first kappa shape index (κ1) is 15.8. The molecule has 0 fully saturated rings. The number of nitrogens with two attached hydrogens (primary N) is 1. The highest BCUT2D eigenvalue weighted by molar-refractivity contribution is 9.10. The number of hydrogen-bond acceptors (Lipinski definition) is 5. The summed E-state index contributed by atoms with van der Waals surface area (Å²) in [6.07, 6.45) is -4.62. The zero-order valence-electron chi connectivity index (χ0n) is 10.2. The van der Waals surface area contributed by atoms with Crippen molar-refractivity contribution in [3.63, 3.8) is 0 Å². The van der Waals surface area contributed by atoms with Gasteiger partial charge in [0.15, 0.2) is 5.69 Å². The van der Waals surface area contributed by atoms with Gasteiger partial charge in [0.05, 0.1) is 10.7 Å². The topological polar surface area (TPSA) is 75.9 Å². The largest absolute Gasteiger partial charge is 0.433 e. The number of nitrogen functional groups attached to an aromatic ring is 1. The minimum Gasteiger partial charge on any atom is -0.339 e. The average Bonchev–Trinajstić information content (AvgIpc) is 2.41. The van der Waals surface area contributed by atoms with Crippen molar-refractivity contribution >= 4 is 45.0 Å². The minimum absolute atomic E-state index is 0.0923. The fraction of sp³-hybridized carbons (Fsp3) is 0.0909. The van der Waals surface area contributed by atoms with Gasteiger partial charge in [0.1, 0.15) is 5.82 Å². The molecule has 0 atom stereocenters. The van der Waals surface area contributed by atoms with Gasteiger partial charge < -0.3 is 5.32 Å². The highest BCUT2D eigenvalue weighted by atomic mass is 79.9. The van der Waals surface area contributed by atoms with Gasteiger partial charge in [0, 0.05) is 10.5 Å². The number of anilines is 3. The molecule has 2 aromatic rings. The number of hydrazine groups is 1. The van der Waals surface area contributed by atoms with Gasteiger partial charge >= 0.3 is 6.18 Å². The highest BCUT2D eigenvalue weighted by Gasteiger charge is 2.33. The van der Waals surface area contributed by atoms with Crippen LogP contribution < -0.4 is 16.6 Å². The predicted molar refractivity (Wildman–Crippen MR) is 77.3 cm³/mol. The lowest BCUT2D eigenvalue weighted by Gasteiger charge is -2.12. The summed E-state index contributed by atoms with van der Waals surface area (Å²) in [6.45, 7) is 0. The molecule has 112 valence electrons. The van der Waals surface area contributed by atoms with Crippen LogP contribution >= 0.6 is 27.5 Å². The number of benzene rings is 1. The summed E-state index contributed by atoms with van der Waals surface area (Å²) >= 11 is 9.20. The standard InChI is InChI=1S/C11H8BrClF3N5/c12-5-1-2-6(13)7(3-5)18-9-4-8(11(14,15)16)19-10(20-9)21-17/h1-4H,17H2,(H2,18,19,20,21). The van der Waals surface area contributed by atoms with E-state index in [1.165, 1.54) is 0 Å². The van der Waals surface area contributed by atoms with Crippen LogP contribution in [0.15, 0.2) is 28.7 Å². The fourth-order valence-electron chi connectivity index (χ4n) is 1.45. The Morgan fingerprint density at radius 3 is 2.52 bits per heavy atom. The van der Waals surface area contributed by atoms with Crippen molar-refractivity contribution in [1.29, 1.82) is 0 Å². The lowest BCUT2D eigenvalue weighted by Crippen LogP contribution is -2.16. The van der Waals surface area contributed by atoms with Crippen LogP contribution in [0.25, 0.3) is 0 Å². The molecule has 0 spiro atoms. The van der Waals surface area contributed by atoms with E-state index >= 15 is 0 Å². The Kier molecular flexibility index (Phi) is 4.55. The molecule has 0 aliphatic heterocycles. The smallest absolute Gasteiger partial charge is 0.339 e. The normalized spacial score (nSPS) is 11.3. The quantitative estimate of drug-likeness (QED) is 0.554. The summed E-state index contributed by atoms with van der Waals surface area (Å²) in [4.78, 5) is 7.05. The third kappa shape index (κ3) is 3.96. The first-order valence-corrected chi connectivity index (χ1v) is 6.61. The van der Waals surface area contributed by atoms with Crippen LogP contribution in [0.5, 0.6) is 0 Å². The number of halogens is 5. The second-order valence-electron chi connectivity index (χ2n) is 3.85. The third-order valence-electron chi connectivity index (χ3n) is 2.34. The van der Waals surface area contributed by atoms with Crippen molar-refractivity contribution in [1.82, 2.24) is 9.97 Å². The SMILES string of the molecule is NNc1nc(Nc2cc(Br)ccc2Cl)cc(C(F)(F)F)n1. The Labute approximate surface area is 130 Å². The molecule has 1 aromatic carbocycles. The van der Waals surface area contributed by atoms with E-state index in [4.69, 9.17) is 17.4 Å². The molecule has 1 heterocycles. The number of nitrogens with one attached hydrogen (secondary N) is 2. The zero-order chi connectivity index (χ0) is 15.6. The minimum atomic E-state index is -4.62. The van der Waals surface area contributed by atoms with E-state index in [9.17, 15) is 13.2 Å². The first-order valence-electron chi connectivity index (χ1n) is 5.44. The van der Waals surface area contributed by atoms with Crippen LogP contribution in [-0.2, 0) is 6.18 Å². The molecule has 10 heteroatoms. The molecule has 0 saturated carbocycles. The van der Waals surface area contributed by atoms with Gasteiger partial charge in [0.2, 0.25) is 5.95 Å². The molecule has 0 aliphatic rings. The Morgan fingerprint density at radius 1 is 1.19 bits per heavy atom. The van der Waals surface area contributed by atoms with Crippen LogP contribution in [-0.4, -0.2) is 9.97 Å². The van der Waals surface area contributed by atoms with Gasteiger partial charge in [-0.15, -0.1) is 0 Å². The maximum absolute atomic E-state index is 12.7. The molecule has 0 amide bonds. The molecule has 0 unspecified atom stereocenters. The Bertz CT molecular complexity index is 665. The molecule has 0 aliphatic carbocycles. The van der Waals surface area contributed by atoms with Crippen LogP contribution in [0.1, 0.15) is 5.69 Å². The average molecular weight is 383 g/mol. The number of rotatable bonds is 3. The molecular weight excluding hydrogens is 375 g/mol. The molecule has 0 saturated heterocycles. The van der Waals surface area contributed by atoms with Crippen molar-refractivity contribution in [2.24, 2.45) is 5.84 Å². The van der Waals surface area contributed by atoms with Gasteiger partial charge in [-0.05, 0) is 18.2 Å². The van der Waals surface area contributed by atoms with Crippen LogP contribution in [0.4, 0.5) is 30.6 Å². The van der Waals surface area contributed by atoms with Gasteiger partial charge in [-0.2, -0.15) is 18.2 Å². The van der Waals surface area contributed by atoms with E-state index in [0.29, 0.717) is 15.2 Å². The second kappa shape index (κ2) is 6.04. The van der Waals surface area contributed by atoms with E-state index in [1.54, 1.807) is 18.2 Å². The van der Waals surface area contributed by atoms with Crippen LogP contribution in [0.2, 0.25) is 5.02 Å². The predicted octanol–water partition coefficient (Wildman–Crippen LogP) is 3.94. The number of hydrogen-bond donors (Lipinski definition) is 3. The number of alkyl halides is 3. The van der Waals surface area contributed by atoms with E-state index in [1.807, 2.05) is 5.43 Å². The van der Waals surface area contributed by atoms with E-state index < -0.39 is 11.9 Å². The van der Waals surface area contributed by atoms with Gasteiger partial charge in [-0.1, -0.05) is 27.5 Å². The molecule has 0 radical (unpaired) electrons. The molecule has 0 bridgehead atoms. The number of nitrogens with zero attached hydrogens (tertiary/aromatic N) is 2. The van der Waals surface area contributed by atoms with Crippen molar-refractivity contribution in [3.8, 4) is 0 Å². The highest BCUT2D eigenvalue weighted by Crippen LogP contribution is 2.32. The fourth-order valence-corrected chi connectivity index (χ4v) is 1.98. The van der Waals surface area contributed by atoms with Gasteiger partial charge in [0.25, 0.3) is 0 Å². The molecule has 1 aromatic heterocycles. The Morgan fingerprint density at radius 2 is 1.90 bits per heavy atom. The van der Waals surface area contributed by atoms with Crippen LogP contribution in [0.3, 0.4) is 0 Å². The van der Waals surface area contributed by atoms with E-state index in [2.05, 4.69) is 31.2 Å². The second-order valence-corrected chi connectivity index (χ2v) is 5.18. The summed E-state index contributed by atoms with van der Waals surface area (Å²) in [7, 11) is 0. The lowest BCUT2D eigenvalue weighted by atomic mass is 10.3. The van der Waals surface area contributed by atoms with Crippen molar-refractivity contribution in [3.05, 3.63) is 39.5 Å². The van der Waals surface area contributed by atoms with Crippen LogP contribution in [0, 0.1) is 0 Å². The van der Waals surface area contributed by atoms with E-state index in [-0.39, 0.29) is 11.8 Å². The van der Waals surface area contributed by atoms with Gasteiger partial charge in [-0.25, -0.2) is 10.8 Å². The summed E-state index contributed by atoms with van der Waals surface area (Å²) in [5.74, 6) is 4.62. The van der Waals surface area contributed by atoms with Crippen molar-refractivity contribution < 1.29 is 13.2 Å². The van der Waals surface area contributed by atoms with E-state index in [0.717, 1.165) is 6.07 Å². The Hall–Kier alpha value is -1.58. The summed E-state index contributed by atoms with van der Waals surface area (Å²) in [6, 6.07) is 5.65. The Balaban J connectivity index is 2.42. The van der Waals surface area contributed by atoms with Gasteiger partial charge in [-0.3, -0.25) is 5.43 Å². The summed E-state index contributed by atoms with van der Waals surface area (Å²) in [5, 5.41) is 3.02. The lowest BCUT2D eigenvalue weighted by molar-refractivity contribution is -0.141. The first-order chi connectivity index (χ1) is 9.79. The summed E-state index contributed by atoms with van der Waals surface area (Å²) < 4.78 is 38.9. The maximum Gasteiger partial charge on any atom is 0.433 e. The molecular formula is C11H8BrClF3N5. The third-order valence-corrected chi connectivity index (χ3v) is 3.16. The number of aromatic nitrogens is 2. The zero-order valence-corrected chi connectivity index (χ0v) is 12.5. The molecule has 2 rings (SSSR count). The molecule has 4 N–H and O–H groups in total. The van der Waals surface area contributed by atoms with Crippen molar-refractivity contribution in [2.75, 3.05) is 10.7 Å². The monoisotopic (exact) mass is 381 g/mol. The van der Waals surface area contributed by atoms with Crippen molar-refractivity contribution in [2.45, 2.75) is 6.18 Å². The maximum atomic E-state index is 12.7.